The molecule has 0 spiro atoms. The molecule has 6 nitrogen and oxygen atoms in total. The van der Waals surface area contributed by atoms with Crippen molar-refractivity contribution in [2.75, 3.05) is 21.3 Å². The number of ketones is 1. The van der Waals surface area contributed by atoms with Crippen LogP contribution in [0.5, 0.6) is 17.2 Å². The standard InChI is InChI=1S/C14H18O6/c1-8(7-11(15)16)12(17)9-5-6-10(18-2)14(20-4)13(9)19-3/h5-6,8H,7H2,1-4H3,(H,15,16). The van der Waals surface area contributed by atoms with E-state index in [4.69, 9.17) is 19.3 Å². The number of carbonyl (C=O) groups excluding carboxylic acids is 1. The van der Waals surface area contributed by atoms with Crippen LogP contribution in [0.3, 0.4) is 0 Å². The highest BCUT2D eigenvalue weighted by atomic mass is 16.5. The van der Waals surface area contributed by atoms with Crippen LogP contribution in [0.4, 0.5) is 0 Å². The van der Waals surface area contributed by atoms with Crippen molar-refractivity contribution in [1.82, 2.24) is 0 Å². The van der Waals surface area contributed by atoms with Crippen molar-refractivity contribution in [2.45, 2.75) is 13.3 Å². The molecule has 0 saturated carbocycles. The molecule has 0 fully saturated rings. The average Bonchev–Trinajstić information content (AvgIpc) is 2.43. The van der Waals surface area contributed by atoms with Crippen LogP contribution in [0, 0.1) is 5.92 Å². The summed E-state index contributed by atoms with van der Waals surface area (Å²) < 4.78 is 15.5. The van der Waals surface area contributed by atoms with E-state index in [0.717, 1.165) is 0 Å². The third-order valence-electron chi connectivity index (χ3n) is 2.90. The highest BCUT2D eigenvalue weighted by Crippen LogP contribution is 2.40. The van der Waals surface area contributed by atoms with Gasteiger partial charge in [0.1, 0.15) is 0 Å². The molecule has 110 valence electrons. The topological polar surface area (TPSA) is 82.1 Å². The third-order valence-corrected chi connectivity index (χ3v) is 2.90. The Bertz CT molecular complexity index is 509. The number of benzene rings is 1. The molecule has 0 radical (unpaired) electrons. The lowest BCUT2D eigenvalue weighted by molar-refractivity contribution is -0.137. The van der Waals surface area contributed by atoms with Gasteiger partial charge in [-0.2, -0.15) is 0 Å². The number of aliphatic carboxylic acids is 1. The van der Waals surface area contributed by atoms with Crippen LogP contribution in [-0.2, 0) is 4.79 Å². The van der Waals surface area contributed by atoms with Gasteiger partial charge < -0.3 is 19.3 Å². The lowest BCUT2D eigenvalue weighted by Gasteiger charge is -2.16. The summed E-state index contributed by atoms with van der Waals surface area (Å²) in [5, 5.41) is 8.76. The number of hydrogen-bond acceptors (Lipinski definition) is 5. The van der Waals surface area contributed by atoms with Crippen LogP contribution in [0.1, 0.15) is 23.7 Å². The maximum Gasteiger partial charge on any atom is 0.304 e. The third kappa shape index (κ3) is 3.20. The van der Waals surface area contributed by atoms with Gasteiger partial charge in [-0.15, -0.1) is 0 Å². The number of carboxylic acid groups (broad SMARTS) is 1. The lowest BCUT2D eigenvalue weighted by Crippen LogP contribution is -2.16. The average molecular weight is 282 g/mol. The molecule has 1 N–H and O–H groups in total. The first-order valence-corrected chi connectivity index (χ1v) is 6.01. The fourth-order valence-corrected chi connectivity index (χ4v) is 1.92. The fourth-order valence-electron chi connectivity index (χ4n) is 1.92. The van der Waals surface area contributed by atoms with Crippen LogP contribution < -0.4 is 14.2 Å². The van der Waals surface area contributed by atoms with Gasteiger partial charge in [0.25, 0.3) is 0 Å². The van der Waals surface area contributed by atoms with Crippen molar-refractivity contribution in [1.29, 1.82) is 0 Å². The van der Waals surface area contributed by atoms with E-state index in [1.54, 1.807) is 19.1 Å². The molecule has 20 heavy (non-hydrogen) atoms. The molecule has 0 aromatic heterocycles. The summed E-state index contributed by atoms with van der Waals surface area (Å²) >= 11 is 0. The Balaban J connectivity index is 3.24. The van der Waals surface area contributed by atoms with Crippen LogP contribution in [0.15, 0.2) is 12.1 Å². The summed E-state index contributed by atoms with van der Waals surface area (Å²) in [6, 6.07) is 3.13. The number of carboxylic acids is 1. The van der Waals surface area contributed by atoms with Gasteiger partial charge in [0.2, 0.25) is 5.75 Å². The van der Waals surface area contributed by atoms with Gasteiger partial charge in [0.15, 0.2) is 17.3 Å². The molecule has 0 aliphatic rings. The normalized spacial score (nSPS) is 11.6. The van der Waals surface area contributed by atoms with Crippen molar-refractivity contribution in [3.8, 4) is 17.2 Å². The van der Waals surface area contributed by atoms with E-state index in [9.17, 15) is 9.59 Å². The lowest BCUT2D eigenvalue weighted by atomic mass is 9.95. The van der Waals surface area contributed by atoms with E-state index >= 15 is 0 Å². The zero-order valence-corrected chi connectivity index (χ0v) is 11.9. The second kappa shape index (κ2) is 6.79. The molecular weight excluding hydrogens is 264 g/mol. The van der Waals surface area contributed by atoms with E-state index in [1.807, 2.05) is 0 Å². The van der Waals surface area contributed by atoms with Gasteiger partial charge in [-0.25, -0.2) is 0 Å². The van der Waals surface area contributed by atoms with Crippen molar-refractivity contribution < 1.29 is 28.9 Å². The number of ether oxygens (including phenoxy) is 3. The van der Waals surface area contributed by atoms with Crippen LogP contribution in [0.25, 0.3) is 0 Å². The Morgan fingerprint density at radius 3 is 2.15 bits per heavy atom. The van der Waals surface area contributed by atoms with Crippen molar-refractivity contribution in [2.24, 2.45) is 5.92 Å². The summed E-state index contributed by atoms with van der Waals surface area (Å²) in [6.45, 7) is 1.56. The van der Waals surface area contributed by atoms with Gasteiger partial charge >= 0.3 is 5.97 Å². The Kier molecular flexibility index (Phi) is 5.37. The van der Waals surface area contributed by atoms with E-state index in [2.05, 4.69) is 0 Å². The van der Waals surface area contributed by atoms with Gasteiger partial charge in [-0.3, -0.25) is 9.59 Å². The summed E-state index contributed by atoms with van der Waals surface area (Å²) in [5.41, 5.74) is 0.277. The largest absolute Gasteiger partial charge is 0.493 e. The van der Waals surface area contributed by atoms with Gasteiger partial charge in [0, 0.05) is 5.92 Å². The van der Waals surface area contributed by atoms with Gasteiger partial charge in [-0.05, 0) is 12.1 Å². The van der Waals surface area contributed by atoms with Crippen LogP contribution in [-0.4, -0.2) is 38.2 Å². The number of rotatable bonds is 7. The first-order chi connectivity index (χ1) is 9.46. The predicted molar refractivity (Wildman–Crippen MR) is 71.8 cm³/mol. The minimum absolute atomic E-state index is 0.240. The summed E-state index contributed by atoms with van der Waals surface area (Å²) in [5.74, 6) is -1.00. The first kappa shape index (κ1) is 15.8. The Morgan fingerprint density at radius 2 is 1.70 bits per heavy atom. The van der Waals surface area contributed by atoms with E-state index in [1.165, 1.54) is 21.3 Å². The fraction of sp³-hybridized carbons (Fsp3) is 0.429. The zero-order valence-electron chi connectivity index (χ0n) is 11.9. The smallest absolute Gasteiger partial charge is 0.304 e. The molecule has 1 atom stereocenters. The minimum Gasteiger partial charge on any atom is -0.493 e. The predicted octanol–water partition coefficient (Wildman–Crippen LogP) is 2.01. The van der Waals surface area contributed by atoms with E-state index < -0.39 is 11.9 Å². The molecule has 0 aliphatic carbocycles. The van der Waals surface area contributed by atoms with Crippen molar-refractivity contribution in [3.05, 3.63) is 17.7 Å². The second-order valence-corrected chi connectivity index (χ2v) is 4.25. The summed E-state index contributed by atoms with van der Waals surface area (Å²) in [6.07, 6.45) is -0.240. The molecule has 1 unspecified atom stereocenters. The monoisotopic (exact) mass is 282 g/mol. The number of carbonyl (C=O) groups is 2. The van der Waals surface area contributed by atoms with Crippen LogP contribution >= 0.6 is 0 Å². The van der Waals surface area contributed by atoms with Gasteiger partial charge in [0.05, 0.1) is 33.3 Å². The van der Waals surface area contributed by atoms with Gasteiger partial charge in [-0.1, -0.05) is 6.92 Å². The first-order valence-electron chi connectivity index (χ1n) is 6.01. The molecule has 0 amide bonds. The van der Waals surface area contributed by atoms with E-state index in [0.29, 0.717) is 11.5 Å². The molecular formula is C14H18O6. The summed E-state index contributed by atoms with van der Waals surface area (Å²) in [7, 11) is 4.33. The molecule has 6 heteroatoms. The SMILES string of the molecule is COc1ccc(C(=O)C(C)CC(=O)O)c(OC)c1OC. The molecule has 1 rings (SSSR count). The molecule has 1 aromatic carbocycles. The quantitative estimate of drug-likeness (QED) is 0.770. The zero-order chi connectivity index (χ0) is 15.3. The number of hydrogen-bond donors (Lipinski definition) is 1. The van der Waals surface area contributed by atoms with E-state index in [-0.39, 0.29) is 23.5 Å². The molecule has 1 aromatic rings. The Labute approximate surface area is 117 Å². The minimum atomic E-state index is -1.02. The van der Waals surface area contributed by atoms with Crippen molar-refractivity contribution >= 4 is 11.8 Å². The molecule has 0 heterocycles. The second-order valence-electron chi connectivity index (χ2n) is 4.25. The highest BCUT2D eigenvalue weighted by Gasteiger charge is 2.25. The summed E-state index contributed by atoms with van der Waals surface area (Å²) in [4.78, 5) is 23.0. The number of methoxy groups -OCH3 is 3. The molecule has 0 bridgehead atoms. The Morgan fingerprint density at radius 1 is 1.10 bits per heavy atom. The Hall–Kier alpha value is -2.24. The maximum absolute atomic E-state index is 12.3. The van der Waals surface area contributed by atoms with Crippen LogP contribution in [0.2, 0.25) is 0 Å². The molecule has 0 saturated heterocycles. The highest BCUT2D eigenvalue weighted by molar-refractivity contribution is 6.02. The maximum atomic E-state index is 12.3. The molecule has 0 aliphatic heterocycles. The van der Waals surface area contributed by atoms with Crippen molar-refractivity contribution in [3.63, 3.8) is 0 Å². The number of Topliss-reactive ketones (excluding diaryl/α,β-unsaturated/α-hetero) is 1.